The van der Waals surface area contributed by atoms with E-state index in [1.165, 1.54) is 33.4 Å². The maximum absolute atomic E-state index is 12.7. The van der Waals surface area contributed by atoms with Crippen LogP contribution in [-0.4, -0.2) is 30.6 Å². The number of hydrogen-bond donors (Lipinski definition) is 1. The number of benzene rings is 2. The Labute approximate surface area is 221 Å². The number of nitrogens with zero attached hydrogens (tertiary/aromatic N) is 1. The highest BCUT2D eigenvalue weighted by Gasteiger charge is 2.37. The molecule has 2 aromatic rings. The summed E-state index contributed by atoms with van der Waals surface area (Å²) in [5, 5.41) is 3.56. The summed E-state index contributed by atoms with van der Waals surface area (Å²) >= 11 is 0. The molecule has 0 aliphatic carbocycles. The second-order valence-electron chi connectivity index (χ2n) is 15.0. The van der Waals surface area contributed by atoms with Crippen LogP contribution in [0.5, 0.6) is 0 Å². The fourth-order valence-electron chi connectivity index (χ4n) is 4.90. The van der Waals surface area contributed by atoms with Gasteiger partial charge in [-0.1, -0.05) is 119 Å². The lowest BCUT2D eigenvalue weighted by Gasteiger charge is -2.35. The monoisotopic (exact) mass is 490 g/mol. The molecule has 1 amide bonds. The van der Waals surface area contributed by atoms with Crippen molar-refractivity contribution < 1.29 is 4.79 Å². The van der Waals surface area contributed by atoms with Crippen LogP contribution in [0.4, 0.5) is 0 Å². The van der Waals surface area contributed by atoms with Crippen molar-refractivity contribution in [2.45, 2.75) is 117 Å². The van der Waals surface area contributed by atoms with Gasteiger partial charge in [-0.15, -0.1) is 0 Å². The lowest BCUT2D eigenvalue weighted by atomic mass is 9.74. The zero-order valence-electron chi connectivity index (χ0n) is 25.2. The number of rotatable bonds is 3. The van der Waals surface area contributed by atoms with Crippen LogP contribution in [0.3, 0.4) is 0 Å². The van der Waals surface area contributed by atoms with Crippen molar-refractivity contribution in [1.82, 2.24) is 10.2 Å². The average Bonchev–Trinajstić information content (AvgIpc) is 3.04. The third-order valence-corrected chi connectivity index (χ3v) is 7.68. The molecule has 0 bridgehead atoms. The van der Waals surface area contributed by atoms with Crippen LogP contribution in [0.25, 0.3) is 0 Å². The van der Waals surface area contributed by atoms with Gasteiger partial charge in [-0.2, -0.15) is 0 Å². The highest BCUT2D eigenvalue weighted by molar-refractivity contribution is 5.80. The van der Waals surface area contributed by atoms with Crippen LogP contribution in [0.2, 0.25) is 0 Å². The number of nitrogens with one attached hydrogen (secondary N) is 1. The summed E-state index contributed by atoms with van der Waals surface area (Å²) < 4.78 is 0. The fourth-order valence-corrected chi connectivity index (χ4v) is 4.90. The second kappa shape index (κ2) is 9.31. The molecule has 1 saturated heterocycles. The number of likely N-dealkylation sites (N-methyl/N-ethyl adjacent to an activating group) is 1. The minimum atomic E-state index is -0.0939. The zero-order chi connectivity index (χ0) is 27.4. The van der Waals surface area contributed by atoms with Gasteiger partial charge in [-0.3, -0.25) is 10.1 Å². The third-order valence-electron chi connectivity index (χ3n) is 7.68. The summed E-state index contributed by atoms with van der Waals surface area (Å²) in [6.07, 6.45) is -0.0939. The molecule has 0 radical (unpaired) electrons. The number of carbonyl (C=O) groups excluding carboxylic acids is 1. The molecular formula is C33H50N2O. The van der Waals surface area contributed by atoms with E-state index in [2.05, 4.69) is 125 Å². The maximum atomic E-state index is 12.7. The molecule has 1 atom stereocenters. The van der Waals surface area contributed by atoms with Crippen LogP contribution < -0.4 is 5.32 Å². The molecule has 1 heterocycles. The first-order valence-electron chi connectivity index (χ1n) is 13.5. The molecule has 1 aliphatic heterocycles. The van der Waals surface area contributed by atoms with E-state index < -0.39 is 0 Å². The van der Waals surface area contributed by atoms with Crippen molar-refractivity contribution in [3.63, 3.8) is 0 Å². The van der Waals surface area contributed by atoms with E-state index in [9.17, 15) is 4.79 Å². The molecular weight excluding hydrogens is 440 g/mol. The summed E-state index contributed by atoms with van der Waals surface area (Å²) in [6, 6.07) is 14.3. The smallest absolute Gasteiger partial charge is 0.237 e. The highest BCUT2D eigenvalue weighted by Crippen LogP contribution is 2.40. The van der Waals surface area contributed by atoms with E-state index in [1.807, 2.05) is 11.9 Å². The van der Waals surface area contributed by atoms with Gasteiger partial charge < -0.3 is 4.90 Å². The first-order chi connectivity index (χ1) is 16.2. The average molecular weight is 491 g/mol. The normalized spacial score (nSPS) is 17.9. The minimum Gasteiger partial charge on any atom is -0.328 e. The molecule has 1 fully saturated rings. The predicted octanol–water partition coefficient (Wildman–Crippen LogP) is 7.40. The molecule has 3 rings (SSSR count). The topological polar surface area (TPSA) is 32.3 Å². The summed E-state index contributed by atoms with van der Waals surface area (Å²) in [5.41, 5.74) is 7.99. The third kappa shape index (κ3) is 6.05. The Morgan fingerprint density at radius 2 is 0.944 bits per heavy atom. The van der Waals surface area contributed by atoms with Crippen LogP contribution in [0.15, 0.2) is 36.4 Å². The molecule has 198 valence electrons. The van der Waals surface area contributed by atoms with Crippen molar-refractivity contribution in [1.29, 1.82) is 0 Å². The Hall–Kier alpha value is -2.13. The molecule has 0 unspecified atom stereocenters. The van der Waals surface area contributed by atoms with Crippen molar-refractivity contribution >= 4 is 5.91 Å². The Morgan fingerprint density at radius 3 is 1.17 bits per heavy atom. The molecule has 1 aliphatic rings. The van der Waals surface area contributed by atoms with Crippen molar-refractivity contribution in [2.24, 2.45) is 0 Å². The van der Waals surface area contributed by atoms with Crippen LogP contribution in [0.1, 0.15) is 122 Å². The maximum Gasteiger partial charge on any atom is 0.237 e. The standard InChI is InChI=1S/C33H50N2O/c1-30(2,3)23-14-21(15-24(18-23)31(4,5)6)28(29-34-20-27(36)35(29)13)22-16-25(32(7,8)9)19-26(17-22)33(10,11)12/h14-19,28-29,34H,20H2,1-13H3/t29-/m1/s1. The SMILES string of the molecule is CN1C(=O)CN[C@H]1C(c1cc(C(C)(C)C)cc(C(C)(C)C)c1)c1cc(C(C)(C)C)cc(C(C)(C)C)c1. The molecule has 3 nitrogen and oxygen atoms in total. The van der Waals surface area contributed by atoms with E-state index in [-0.39, 0.29) is 39.7 Å². The highest BCUT2D eigenvalue weighted by atomic mass is 16.2. The molecule has 3 heteroatoms. The van der Waals surface area contributed by atoms with Gasteiger partial charge in [0.25, 0.3) is 0 Å². The zero-order valence-corrected chi connectivity index (χ0v) is 25.2. The summed E-state index contributed by atoms with van der Waals surface area (Å²) in [7, 11) is 1.94. The van der Waals surface area contributed by atoms with E-state index >= 15 is 0 Å². The molecule has 0 spiro atoms. The Bertz CT molecular complexity index is 976. The second-order valence-corrected chi connectivity index (χ2v) is 15.0. The van der Waals surface area contributed by atoms with E-state index in [1.54, 1.807) is 0 Å². The van der Waals surface area contributed by atoms with Gasteiger partial charge in [0.05, 0.1) is 12.7 Å². The largest absolute Gasteiger partial charge is 0.328 e. The van der Waals surface area contributed by atoms with Crippen molar-refractivity contribution in [3.8, 4) is 0 Å². The van der Waals surface area contributed by atoms with E-state index in [0.29, 0.717) is 6.54 Å². The van der Waals surface area contributed by atoms with Crippen LogP contribution in [-0.2, 0) is 26.5 Å². The first kappa shape index (κ1) is 28.4. The Morgan fingerprint density at radius 1 is 0.639 bits per heavy atom. The van der Waals surface area contributed by atoms with Gasteiger partial charge >= 0.3 is 0 Å². The molecule has 0 aromatic heterocycles. The quantitative estimate of drug-likeness (QED) is 0.486. The number of hydrogen-bond acceptors (Lipinski definition) is 2. The summed E-state index contributed by atoms with van der Waals surface area (Å²) in [4.78, 5) is 14.6. The number of carbonyl (C=O) groups is 1. The Balaban J connectivity index is 2.38. The van der Waals surface area contributed by atoms with Gasteiger partial charge in [0, 0.05) is 13.0 Å². The van der Waals surface area contributed by atoms with Crippen molar-refractivity contribution in [2.75, 3.05) is 13.6 Å². The summed E-state index contributed by atoms with van der Waals surface area (Å²) in [6.45, 7) is 27.8. The van der Waals surface area contributed by atoms with Gasteiger partial charge in [0.1, 0.15) is 0 Å². The van der Waals surface area contributed by atoms with Crippen LogP contribution in [0, 0.1) is 0 Å². The van der Waals surface area contributed by atoms with Gasteiger partial charge in [-0.05, 0) is 55.0 Å². The first-order valence-corrected chi connectivity index (χ1v) is 13.5. The van der Waals surface area contributed by atoms with Gasteiger partial charge in [0.15, 0.2) is 0 Å². The fraction of sp³-hybridized carbons (Fsp3) is 0.606. The summed E-state index contributed by atoms with van der Waals surface area (Å²) in [5.74, 6) is 0.171. The number of amides is 1. The molecule has 2 aromatic carbocycles. The molecule has 0 saturated carbocycles. The van der Waals surface area contributed by atoms with Gasteiger partial charge in [0.2, 0.25) is 5.91 Å². The van der Waals surface area contributed by atoms with Gasteiger partial charge in [-0.25, -0.2) is 0 Å². The lowest BCUT2D eigenvalue weighted by Crippen LogP contribution is -2.40. The minimum absolute atomic E-state index is 0.0215. The molecule has 36 heavy (non-hydrogen) atoms. The van der Waals surface area contributed by atoms with E-state index in [4.69, 9.17) is 0 Å². The predicted molar refractivity (Wildman–Crippen MR) is 154 cm³/mol. The van der Waals surface area contributed by atoms with Crippen LogP contribution >= 0.6 is 0 Å². The Kier molecular flexibility index (Phi) is 7.36. The van der Waals surface area contributed by atoms with Crippen molar-refractivity contribution in [3.05, 3.63) is 69.8 Å². The van der Waals surface area contributed by atoms with E-state index in [0.717, 1.165) is 0 Å². The lowest BCUT2D eigenvalue weighted by molar-refractivity contribution is -0.126. The molecule has 1 N–H and O–H groups in total.